The second kappa shape index (κ2) is 6.21. The highest BCUT2D eigenvalue weighted by Gasteiger charge is 2.12. The lowest BCUT2D eigenvalue weighted by Gasteiger charge is -2.12. The van der Waals surface area contributed by atoms with Crippen LogP contribution >= 0.6 is 0 Å². The van der Waals surface area contributed by atoms with Crippen LogP contribution < -0.4 is 10.6 Å². The summed E-state index contributed by atoms with van der Waals surface area (Å²) in [6.07, 6.45) is 0. The van der Waals surface area contributed by atoms with Gasteiger partial charge in [-0.2, -0.15) is 0 Å². The predicted octanol–water partition coefficient (Wildman–Crippen LogP) is 3.78. The van der Waals surface area contributed by atoms with Crippen molar-refractivity contribution in [2.24, 2.45) is 0 Å². The zero-order chi connectivity index (χ0) is 15.4. The molecule has 0 amide bonds. The van der Waals surface area contributed by atoms with E-state index < -0.39 is 4.92 Å². The van der Waals surface area contributed by atoms with Gasteiger partial charge in [0.05, 0.1) is 17.1 Å². The van der Waals surface area contributed by atoms with E-state index in [4.69, 9.17) is 0 Å². The van der Waals surface area contributed by atoms with E-state index in [0.717, 1.165) is 16.8 Å². The summed E-state index contributed by atoms with van der Waals surface area (Å²) in [4.78, 5) is 14.9. The third-order valence-electron chi connectivity index (χ3n) is 3.25. The Hall–Kier alpha value is -2.63. The summed E-state index contributed by atoms with van der Waals surface area (Å²) in [5, 5.41) is 17.2. The van der Waals surface area contributed by atoms with E-state index >= 15 is 0 Å². The zero-order valence-electron chi connectivity index (χ0n) is 12.3. The van der Waals surface area contributed by atoms with Gasteiger partial charge in [-0.05, 0) is 38.0 Å². The van der Waals surface area contributed by atoms with Crippen LogP contribution in [-0.2, 0) is 0 Å². The summed E-state index contributed by atoms with van der Waals surface area (Å²) in [5.41, 5.74) is 3.15. The minimum Gasteiger partial charge on any atom is -0.370 e. The highest BCUT2D eigenvalue weighted by atomic mass is 16.6. The molecule has 1 aromatic carbocycles. The van der Waals surface area contributed by atoms with Crippen LogP contribution in [0.15, 0.2) is 30.3 Å². The maximum Gasteiger partial charge on any atom is 0.276 e. The molecule has 2 rings (SSSR count). The molecule has 0 aliphatic heterocycles. The van der Waals surface area contributed by atoms with Crippen LogP contribution in [0.5, 0.6) is 0 Å². The van der Waals surface area contributed by atoms with E-state index in [-0.39, 0.29) is 5.69 Å². The molecular weight excluding hydrogens is 268 g/mol. The van der Waals surface area contributed by atoms with E-state index in [0.29, 0.717) is 18.2 Å². The topological polar surface area (TPSA) is 80.1 Å². The number of hydrogen-bond acceptors (Lipinski definition) is 5. The normalized spacial score (nSPS) is 10.2. The second-order valence-corrected chi connectivity index (χ2v) is 4.76. The first-order valence-electron chi connectivity index (χ1n) is 6.75. The fourth-order valence-electron chi connectivity index (χ4n) is 1.98. The molecule has 0 bridgehead atoms. The van der Waals surface area contributed by atoms with Gasteiger partial charge in [-0.3, -0.25) is 10.1 Å². The van der Waals surface area contributed by atoms with Gasteiger partial charge in [0.25, 0.3) is 5.69 Å². The van der Waals surface area contributed by atoms with Crippen LogP contribution in [-0.4, -0.2) is 16.5 Å². The number of rotatable bonds is 5. The molecular formula is C15H18N4O2. The van der Waals surface area contributed by atoms with Gasteiger partial charge in [0.2, 0.25) is 0 Å². The van der Waals surface area contributed by atoms with Crippen molar-refractivity contribution in [1.29, 1.82) is 0 Å². The summed E-state index contributed by atoms with van der Waals surface area (Å²) in [6, 6.07) is 8.74. The first-order chi connectivity index (χ1) is 10.0. The monoisotopic (exact) mass is 286 g/mol. The fraction of sp³-hybridized carbons (Fsp3) is 0.267. The minimum absolute atomic E-state index is 0.00811. The van der Waals surface area contributed by atoms with Gasteiger partial charge in [-0.15, -0.1) is 0 Å². The number of nitrogens with zero attached hydrogens (tertiary/aromatic N) is 2. The fourth-order valence-corrected chi connectivity index (χ4v) is 1.98. The maximum atomic E-state index is 11.0. The molecule has 0 aliphatic carbocycles. The van der Waals surface area contributed by atoms with Gasteiger partial charge < -0.3 is 10.6 Å². The number of anilines is 3. The lowest BCUT2D eigenvalue weighted by molar-refractivity contribution is -0.384. The number of aryl methyl sites for hydroxylation is 1. The molecule has 0 fully saturated rings. The summed E-state index contributed by atoms with van der Waals surface area (Å²) < 4.78 is 0. The average molecular weight is 286 g/mol. The number of pyridine rings is 1. The molecule has 6 nitrogen and oxygen atoms in total. The molecule has 0 saturated carbocycles. The molecule has 110 valence electrons. The smallest absolute Gasteiger partial charge is 0.276 e. The summed E-state index contributed by atoms with van der Waals surface area (Å²) in [5.74, 6) is 0.938. The number of aromatic nitrogens is 1. The highest BCUT2D eigenvalue weighted by Crippen LogP contribution is 2.26. The van der Waals surface area contributed by atoms with Gasteiger partial charge >= 0.3 is 0 Å². The Balaban J connectivity index is 2.38. The molecule has 0 saturated heterocycles. The van der Waals surface area contributed by atoms with E-state index in [9.17, 15) is 10.1 Å². The number of hydrogen-bond donors (Lipinski definition) is 2. The van der Waals surface area contributed by atoms with Crippen LogP contribution in [0.3, 0.4) is 0 Å². The van der Waals surface area contributed by atoms with Crippen LogP contribution in [0.2, 0.25) is 0 Å². The molecule has 0 unspecified atom stereocenters. The van der Waals surface area contributed by atoms with Crippen molar-refractivity contribution in [2.45, 2.75) is 20.8 Å². The van der Waals surface area contributed by atoms with Crippen molar-refractivity contribution >= 4 is 23.0 Å². The largest absolute Gasteiger partial charge is 0.370 e. The van der Waals surface area contributed by atoms with Crippen molar-refractivity contribution < 1.29 is 4.92 Å². The Bertz CT molecular complexity index is 671. The van der Waals surface area contributed by atoms with Crippen molar-refractivity contribution in [3.63, 3.8) is 0 Å². The molecule has 2 N–H and O–H groups in total. The van der Waals surface area contributed by atoms with Gasteiger partial charge in [0.1, 0.15) is 11.6 Å². The Labute approximate surface area is 123 Å². The van der Waals surface area contributed by atoms with Crippen molar-refractivity contribution in [3.05, 3.63) is 51.6 Å². The average Bonchev–Trinajstić information content (AvgIpc) is 2.44. The van der Waals surface area contributed by atoms with Crippen molar-refractivity contribution in [1.82, 2.24) is 4.98 Å². The second-order valence-electron chi connectivity index (χ2n) is 4.76. The standard InChI is InChI=1S/C15H18N4O2/c1-4-16-14-8-12(19(20)21)9-15(18-14)17-13-7-5-6-10(2)11(13)3/h5-9H,4H2,1-3H3,(H2,16,17,18). The molecule has 21 heavy (non-hydrogen) atoms. The Morgan fingerprint density at radius 1 is 1.24 bits per heavy atom. The van der Waals surface area contributed by atoms with Gasteiger partial charge in [0.15, 0.2) is 0 Å². The molecule has 6 heteroatoms. The number of nitrogens with one attached hydrogen (secondary N) is 2. The summed E-state index contributed by atoms with van der Waals surface area (Å²) in [6.45, 7) is 6.58. The zero-order valence-corrected chi connectivity index (χ0v) is 12.3. The van der Waals surface area contributed by atoms with Crippen LogP contribution in [0.1, 0.15) is 18.1 Å². The molecule has 0 radical (unpaired) electrons. The van der Waals surface area contributed by atoms with Gasteiger partial charge in [-0.1, -0.05) is 12.1 Å². The maximum absolute atomic E-state index is 11.0. The van der Waals surface area contributed by atoms with Crippen molar-refractivity contribution in [3.8, 4) is 0 Å². The third kappa shape index (κ3) is 3.47. The van der Waals surface area contributed by atoms with E-state index in [2.05, 4.69) is 15.6 Å². The van der Waals surface area contributed by atoms with Crippen LogP contribution in [0.25, 0.3) is 0 Å². The van der Waals surface area contributed by atoms with E-state index in [1.807, 2.05) is 39.0 Å². The highest BCUT2D eigenvalue weighted by molar-refractivity contribution is 5.65. The lowest BCUT2D eigenvalue weighted by Crippen LogP contribution is -2.04. The first kappa shape index (κ1) is 14.8. The Morgan fingerprint density at radius 2 is 1.95 bits per heavy atom. The first-order valence-corrected chi connectivity index (χ1v) is 6.75. The Morgan fingerprint density at radius 3 is 2.62 bits per heavy atom. The molecule has 1 aromatic heterocycles. The molecule has 0 aliphatic rings. The molecule has 2 aromatic rings. The van der Waals surface area contributed by atoms with Gasteiger partial charge in [-0.25, -0.2) is 4.98 Å². The summed E-state index contributed by atoms with van der Waals surface area (Å²) >= 11 is 0. The van der Waals surface area contributed by atoms with E-state index in [1.54, 1.807) is 0 Å². The molecule has 0 spiro atoms. The van der Waals surface area contributed by atoms with E-state index in [1.165, 1.54) is 12.1 Å². The lowest BCUT2D eigenvalue weighted by atomic mass is 10.1. The van der Waals surface area contributed by atoms with Crippen molar-refractivity contribution in [2.75, 3.05) is 17.2 Å². The molecule has 0 atom stereocenters. The van der Waals surface area contributed by atoms with Crippen LogP contribution in [0, 0.1) is 24.0 Å². The summed E-state index contributed by atoms with van der Waals surface area (Å²) in [7, 11) is 0. The number of benzene rings is 1. The quantitative estimate of drug-likeness (QED) is 0.645. The molecule has 1 heterocycles. The third-order valence-corrected chi connectivity index (χ3v) is 3.25. The minimum atomic E-state index is -0.420. The van der Waals surface area contributed by atoms with Gasteiger partial charge in [0, 0.05) is 12.2 Å². The Kier molecular flexibility index (Phi) is 4.37. The number of nitro groups is 1. The SMILES string of the molecule is CCNc1cc([N+](=O)[O-])cc(Nc2cccc(C)c2C)n1. The predicted molar refractivity (Wildman–Crippen MR) is 84.3 cm³/mol. The van der Waals surface area contributed by atoms with Crippen LogP contribution in [0.4, 0.5) is 23.0 Å².